The second-order valence-corrected chi connectivity index (χ2v) is 16.6. The van der Waals surface area contributed by atoms with E-state index in [1.54, 1.807) is 0 Å². The minimum absolute atomic E-state index is 0.131. The fourth-order valence-electron chi connectivity index (χ4n) is 10.2. The minimum Gasteiger partial charge on any atom is -0.455 e. The molecular formula is C57H41N3O. The molecule has 2 aliphatic carbocycles. The molecule has 0 radical (unpaired) electrons. The molecule has 0 aliphatic heterocycles. The van der Waals surface area contributed by atoms with Gasteiger partial charge >= 0.3 is 0 Å². The Balaban J connectivity index is 0.926. The summed E-state index contributed by atoms with van der Waals surface area (Å²) >= 11 is 0. The van der Waals surface area contributed by atoms with E-state index in [2.05, 4.69) is 158 Å². The Labute approximate surface area is 355 Å². The summed E-state index contributed by atoms with van der Waals surface area (Å²) in [5.41, 5.74) is 17.3. The summed E-state index contributed by atoms with van der Waals surface area (Å²) in [5, 5.41) is 2.10. The summed E-state index contributed by atoms with van der Waals surface area (Å²) < 4.78 is 6.48. The highest BCUT2D eigenvalue weighted by molar-refractivity contribution is 6.09. The van der Waals surface area contributed by atoms with E-state index in [4.69, 9.17) is 19.4 Å². The number of rotatable bonds is 6. The normalized spacial score (nSPS) is 14.0. The van der Waals surface area contributed by atoms with Crippen LogP contribution in [0.1, 0.15) is 43.2 Å². The monoisotopic (exact) mass is 783 g/mol. The SMILES string of the molecule is c1ccc(-c2cccc(-c3nc(-c4ccc(-c5cccc(-c6ccc7c(c6)C6(CCCCC6)c6ccccc6-7)c5)cc4)nc(-c4cccc5c4oc4ccccc45)n3)c2)cc1. The van der Waals surface area contributed by atoms with Gasteiger partial charge in [0.25, 0.3) is 0 Å². The van der Waals surface area contributed by atoms with Gasteiger partial charge in [-0.2, -0.15) is 0 Å². The summed E-state index contributed by atoms with van der Waals surface area (Å²) in [4.78, 5) is 15.4. The zero-order valence-corrected chi connectivity index (χ0v) is 33.7. The summed E-state index contributed by atoms with van der Waals surface area (Å²) in [7, 11) is 0. The molecule has 1 saturated carbocycles. The maximum atomic E-state index is 6.48. The lowest BCUT2D eigenvalue weighted by Crippen LogP contribution is -2.28. The van der Waals surface area contributed by atoms with Crippen LogP contribution < -0.4 is 0 Å². The van der Waals surface area contributed by atoms with Gasteiger partial charge in [0.1, 0.15) is 11.2 Å². The molecule has 2 aromatic heterocycles. The average molecular weight is 784 g/mol. The van der Waals surface area contributed by atoms with Crippen LogP contribution in [-0.2, 0) is 5.41 Å². The number of hydrogen-bond acceptors (Lipinski definition) is 4. The van der Waals surface area contributed by atoms with Crippen LogP contribution in [0, 0.1) is 0 Å². The lowest BCUT2D eigenvalue weighted by Gasteiger charge is -2.36. The molecule has 2 heterocycles. The summed E-state index contributed by atoms with van der Waals surface area (Å²) in [6.07, 6.45) is 6.36. The first kappa shape index (κ1) is 35.5. The van der Waals surface area contributed by atoms with Crippen molar-refractivity contribution in [1.82, 2.24) is 15.0 Å². The third-order valence-electron chi connectivity index (χ3n) is 13.2. The lowest BCUT2D eigenvalue weighted by atomic mass is 9.67. The molecule has 0 bridgehead atoms. The molecule has 61 heavy (non-hydrogen) atoms. The number of furan rings is 1. The number of aromatic nitrogens is 3. The van der Waals surface area contributed by atoms with Gasteiger partial charge in [0.05, 0.1) is 5.56 Å². The van der Waals surface area contributed by atoms with Crippen LogP contribution in [0.15, 0.2) is 192 Å². The zero-order valence-electron chi connectivity index (χ0n) is 33.7. The molecule has 1 fully saturated rings. The van der Waals surface area contributed by atoms with Crippen molar-refractivity contribution in [3.8, 4) is 78.7 Å². The Morgan fingerprint density at radius 2 is 0.869 bits per heavy atom. The minimum atomic E-state index is 0.131. The van der Waals surface area contributed by atoms with Gasteiger partial charge in [0.2, 0.25) is 0 Å². The topological polar surface area (TPSA) is 51.8 Å². The molecule has 4 nitrogen and oxygen atoms in total. The van der Waals surface area contributed by atoms with Crippen molar-refractivity contribution >= 4 is 21.9 Å². The molecular weight excluding hydrogens is 743 g/mol. The standard InChI is InChI=1S/C57H41N3O/c1-3-14-37(15-4-1)41-17-12-19-44(35-41)55-58-54(59-56(60-55)49-23-13-22-48-47-21-6-8-25-52(47)61-53(48)49)39-28-26-38(27-29-39)40-16-11-18-42(34-40)43-30-31-46-45-20-5-7-24-50(45)57(51(46)36-43)32-9-2-10-33-57/h1,3-8,11-31,34-36H,2,9-10,32-33H2. The molecule has 0 unspecified atom stereocenters. The fourth-order valence-corrected chi connectivity index (χ4v) is 10.2. The van der Waals surface area contributed by atoms with Crippen molar-refractivity contribution in [1.29, 1.82) is 0 Å². The highest BCUT2D eigenvalue weighted by Crippen LogP contribution is 2.56. The maximum Gasteiger partial charge on any atom is 0.167 e. The van der Waals surface area contributed by atoms with Crippen molar-refractivity contribution in [3.05, 3.63) is 199 Å². The maximum absolute atomic E-state index is 6.48. The Morgan fingerprint density at radius 1 is 0.344 bits per heavy atom. The van der Waals surface area contributed by atoms with Crippen LogP contribution in [0.25, 0.3) is 101 Å². The molecule has 1 spiro atoms. The van der Waals surface area contributed by atoms with E-state index >= 15 is 0 Å². The highest BCUT2D eigenvalue weighted by Gasteiger charge is 2.43. The zero-order chi connectivity index (χ0) is 40.3. The summed E-state index contributed by atoms with van der Waals surface area (Å²) in [6, 6.07) is 67.1. The van der Waals surface area contributed by atoms with E-state index in [0.29, 0.717) is 17.5 Å². The predicted molar refractivity (Wildman–Crippen MR) is 249 cm³/mol. The van der Waals surface area contributed by atoms with E-state index < -0.39 is 0 Å². The van der Waals surface area contributed by atoms with Crippen molar-refractivity contribution < 1.29 is 4.42 Å². The molecule has 4 heteroatoms. The Hall–Kier alpha value is -7.43. The van der Waals surface area contributed by atoms with E-state index in [-0.39, 0.29) is 5.41 Å². The fraction of sp³-hybridized carbons (Fsp3) is 0.105. The Morgan fingerprint density at radius 3 is 1.69 bits per heavy atom. The van der Waals surface area contributed by atoms with Crippen LogP contribution in [0.5, 0.6) is 0 Å². The lowest BCUT2D eigenvalue weighted by molar-refractivity contribution is 0.353. The molecule has 2 aliphatic rings. The van der Waals surface area contributed by atoms with E-state index in [1.165, 1.54) is 71.0 Å². The molecule has 0 N–H and O–H groups in total. The quantitative estimate of drug-likeness (QED) is 0.169. The number of benzene rings is 8. The third-order valence-corrected chi connectivity index (χ3v) is 13.2. The number of nitrogens with zero attached hydrogens (tertiary/aromatic N) is 3. The Kier molecular flexibility index (Phi) is 8.38. The van der Waals surface area contributed by atoms with Crippen LogP contribution in [0.4, 0.5) is 0 Å². The van der Waals surface area contributed by atoms with Gasteiger partial charge in [-0.15, -0.1) is 0 Å². The molecule has 0 atom stereocenters. The van der Waals surface area contributed by atoms with E-state index in [0.717, 1.165) is 55.3 Å². The average Bonchev–Trinajstić information content (AvgIpc) is 3.85. The first-order valence-electron chi connectivity index (χ1n) is 21.5. The van der Waals surface area contributed by atoms with Crippen LogP contribution in [0.3, 0.4) is 0 Å². The van der Waals surface area contributed by atoms with Gasteiger partial charge < -0.3 is 4.42 Å². The van der Waals surface area contributed by atoms with Gasteiger partial charge in [-0.3, -0.25) is 0 Å². The Bertz CT molecular complexity index is 3280. The predicted octanol–water partition coefficient (Wildman–Crippen LogP) is 15.0. The smallest absolute Gasteiger partial charge is 0.167 e. The van der Waals surface area contributed by atoms with Gasteiger partial charge in [-0.25, -0.2) is 15.0 Å². The van der Waals surface area contributed by atoms with Crippen LogP contribution in [0.2, 0.25) is 0 Å². The molecule has 12 rings (SSSR count). The molecule has 10 aromatic rings. The summed E-state index contributed by atoms with van der Waals surface area (Å²) in [6.45, 7) is 0. The number of fused-ring (bicyclic) bond motifs is 8. The van der Waals surface area contributed by atoms with Gasteiger partial charge in [0, 0.05) is 27.3 Å². The van der Waals surface area contributed by atoms with E-state index in [1.807, 2.05) is 30.3 Å². The van der Waals surface area contributed by atoms with Crippen LogP contribution >= 0.6 is 0 Å². The molecule has 0 amide bonds. The van der Waals surface area contributed by atoms with Crippen LogP contribution in [-0.4, -0.2) is 15.0 Å². The second kappa shape index (κ2) is 14.4. The third kappa shape index (κ3) is 6.01. The first-order valence-corrected chi connectivity index (χ1v) is 21.5. The largest absolute Gasteiger partial charge is 0.455 e. The van der Waals surface area contributed by atoms with Gasteiger partial charge in [0.15, 0.2) is 17.5 Å². The molecule has 0 saturated heterocycles. The molecule has 8 aromatic carbocycles. The van der Waals surface area contributed by atoms with Crippen molar-refractivity contribution in [2.45, 2.75) is 37.5 Å². The number of para-hydroxylation sites is 2. The number of hydrogen-bond donors (Lipinski definition) is 0. The van der Waals surface area contributed by atoms with Crippen molar-refractivity contribution in [2.24, 2.45) is 0 Å². The van der Waals surface area contributed by atoms with Crippen molar-refractivity contribution in [2.75, 3.05) is 0 Å². The second-order valence-electron chi connectivity index (χ2n) is 16.6. The molecule has 290 valence electrons. The first-order chi connectivity index (χ1) is 30.2. The van der Waals surface area contributed by atoms with Crippen molar-refractivity contribution in [3.63, 3.8) is 0 Å². The summed E-state index contributed by atoms with van der Waals surface area (Å²) in [5.74, 6) is 1.78. The van der Waals surface area contributed by atoms with Gasteiger partial charge in [-0.05, 0) is 98.8 Å². The van der Waals surface area contributed by atoms with E-state index in [9.17, 15) is 0 Å². The highest BCUT2D eigenvalue weighted by atomic mass is 16.3. The van der Waals surface area contributed by atoms with Gasteiger partial charge in [-0.1, -0.05) is 177 Å².